The minimum absolute atomic E-state index is 0.00575. The van der Waals surface area contributed by atoms with Crippen LogP contribution in [0.4, 0.5) is 0 Å². The molecule has 40 heavy (non-hydrogen) atoms. The van der Waals surface area contributed by atoms with Crippen LogP contribution >= 0.6 is 0 Å². The van der Waals surface area contributed by atoms with E-state index in [1.807, 2.05) is 24.3 Å². The Kier molecular flexibility index (Phi) is 6.30. The van der Waals surface area contributed by atoms with Gasteiger partial charge >= 0.3 is 0 Å². The summed E-state index contributed by atoms with van der Waals surface area (Å²) in [4.78, 5) is 29.6. The Labute approximate surface area is 237 Å². The highest BCUT2D eigenvalue weighted by Gasteiger charge is 2.79. The van der Waals surface area contributed by atoms with Crippen LogP contribution in [0.15, 0.2) is 121 Å². The molecule has 2 nitrogen and oxygen atoms in total. The summed E-state index contributed by atoms with van der Waals surface area (Å²) in [6.07, 6.45) is 5.03. The van der Waals surface area contributed by atoms with Crippen molar-refractivity contribution in [3.8, 4) is 0 Å². The van der Waals surface area contributed by atoms with Crippen molar-refractivity contribution in [1.82, 2.24) is 0 Å². The molecule has 3 fully saturated rings. The van der Waals surface area contributed by atoms with Crippen molar-refractivity contribution in [2.45, 2.75) is 50.4 Å². The molecule has 3 aliphatic carbocycles. The maximum absolute atomic E-state index is 14.8. The summed E-state index contributed by atoms with van der Waals surface area (Å²) in [5.41, 5.74) is 3.69. The molecule has 3 saturated carbocycles. The van der Waals surface area contributed by atoms with E-state index in [1.54, 1.807) is 0 Å². The van der Waals surface area contributed by atoms with Gasteiger partial charge in [-0.3, -0.25) is 9.59 Å². The van der Waals surface area contributed by atoms with Crippen LogP contribution in [-0.2, 0) is 22.4 Å². The topological polar surface area (TPSA) is 34.1 Å². The van der Waals surface area contributed by atoms with E-state index in [-0.39, 0.29) is 23.7 Å². The minimum atomic E-state index is -0.542. The Morgan fingerprint density at radius 2 is 0.800 bits per heavy atom. The number of ketones is 2. The summed E-state index contributed by atoms with van der Waals surface area (Å²) in [6, 6.07) is 41.9. The van der Waals surface area contributed by atoms with E-state index >= 15 is 0 Å². The maximum atomic E-state index is 14.8. The third kappa shape index (κ3) is 3.76. The lowest BCUT2D eigenvalue weighted by Crippen LogP contribution is -2.65. The molecule has 0 radical (unpaired) electrons. The first-order valence-electron chi connectivity index (χ1n) is 14.9. The molecule has 2 unspecified atom stereocenters. The SMILES string of the molecule is O=C1[C@@H](Cc2ccccc2)CCC12C(c1ccccc1)C1(CC[C@@H](Cc3ccccc3)C1=O)C2c1ccccc1. The van der Waals surface area contributed by atoms with E-state index in [2.05, 4.69) is 97.1 Å². The van der Waals surface area contributed by atoms with Crippen LogP contribution in [-0.4, -0.2) is 11.6 Å². The summed E-state index contributed by atoms with van der Waals surface area (Å²) in [5.74, 6) is 0.594. The normalized spacial score (nSPS) is 31.1. The van der Waals surface area contributed by atoms with Crippen LogP contribution in [0.2, 0.25) is 0 Å². The average molecular weight is 525 g/mol. The van der Waals surface area contributed by atoms with Gasteiger partial charge in [0.2, 0.25) is 0 Å². The fourth-order valence-corrected chi connectivity index (χ4v) is 9.06. The minimum Gasteiger partial charge on any atom is -0.299 e. The third-order valence-corrected chi connectivity index (χ3v) is 10.4. The van der Waals surface area contributed by atoms with E-state index < -0.39 is 10.8 Å². The van der Waals surface area contributed by atoms with Gasteiger partial charge in [-0.15, -0.1) is 0 Å². The Bertz CT molecular complexity index is 1370. The quantitative estimate of drug-likeness (QED) is 0.256. The molecule has 4 atom stereocenters. The van der Waals surface area contributed by atoms with Crippen LogP contribution in [0.3, 0.4) is 0 Å². The smallest absolute Gasteiger partial charge is 0.143 e. The van der Waals surface area contributed by atoms with Gasteiger partial charge in [-0.25, -0.2) is 0 Å². The van der Waals surface area contributed by atoms with Gasteiger partial charge in [0, 0.05) is 34.5 Å². The van der Waals surface area contributed by atoms with Gasteiger partial charge in [-0.1, -0.05) is 121 Å². The molecule has 0 N–H and O–H groups in total. The van der Waals surface area contributed by atoms with Crippen LogP contribution in [0.5, 0.6) is 0 Å². The molecule has 4 aromatic carbocycles. The summed E-state index contributed by atoms with van der Waals surface area (Å²) in [6.45, 7) is 0. The predicted molar refractivity (Wildman–Crippen MR) is 159 cm³/mol. The molecule has 200 valence electrons. The molecule has 0 aromatic heterocycles. The summed E-state index contributed by atoms with van der Waals surface area (Å²) < 4.78 is 0. The molecule has 0 amide bonds. The Hall–Kier alpha value is -3.78. The molecule has 0 bridgehead atoms. The zero-order valence-electron chi connectivity index (χ0n) is 22.9. The highest BCUT2D eigenvalue weighted by atomic mass is 16.1. The van der Waals surface area contributed by atoms with E-state index in [9.17, 15) is 9.59 Å². The van der Waals surface area contributed by atoms with Crippen LogP contribution in [0, 0.1) is 22.7 Å². The standard InChI is InChI=1S/C38H36O2/c39-35-31(25-27-13-5-1-6-14-27)21-23-37(35)33(29-17-9-3-10-18-29)38(34(37)30-19-11-4-12-20-30)24-22-32(36(38)40)26-28-15-7-2-8-16-28/h1-20,31-34H,21-26H2/t31-,32+,33?,34?,37?,38?. The first-order valence-corrected chi connectivity index (χ1v) is 14.9. The van der Waals surface area contributed by atoms with Gasteiger partial charge in [0.25, 0.3) is 0 Å². The molecule has 0 heterocycles. The van der Waals surface area contributed by atoms with Crippen molar-refractivity contribution < 1.29 is 9.59 Å². The van der Waals surface area contributed by atoms with E-state index in [4.69, 9.17) is 0 Å². The molecule has 2 heteroatoms. The van der Waals surface area contributed by atoms with E-state index in [0.717, 1.165) is 49.7 Å². The monoisotopic (exact) mass is 524 g/mol. The first-order chi connectivity index (χ1) is 19.6. The number of rotatable bonds is 6. The van der Waals surface area contributed by atoms with Gasteiger partial charge < -0.3 is 0 Å². The molecule has 7 rings (SSSR count). The van der Waals surface area contributed by atoms with E-state index in [1.165, 1.54) is 11.1 Å². The van der Waals surface area contributed by atoms with Crippen molar-refractivity contribution >= 4 is 11.6 Å². The van der Waals surface area contributed by atoms with Gasteiger partial charge in [-0.2, -0.15) is 0 Å². The summed E-state index contributed by atoms with van der Waals surface area (Å²) in [7, 11) is 0. The van der Waals surface area contributed by atoms with Gasteiger partial charge in [0.05, 0.1) is 0 Å². The Morgan fingerprint density at radius 1 is 0.475 bits per heavy atom. The fourth-order valence-electron chi connectivity index (χ4n) is 9.06. The fraction of sp³-hybridized carbons (Fsp3) is 0.316. The average Bonchev–Trinajstić information content (AvgIpc) is 3.50. The number of benzene rings is 4. The number of Topliss-reactive ketones (excluding diaryl/α,β-unsaturated/α-hetero) is 2. The molecule has 0 saturated heterocycles. The molecular weight excluding hydrogens is 488 g/mol. The number of carbonyl (C=O) groups is 2. The highest BCUT2D eigenvalue weighted by Crippen LogP contribution is 2.80. The lowest BCUT2D eigenvalue weighted by molar-refractivity contribution is -0.166. The molecule has 4 aromatic rings. The van der Waals surface area contributed by atoms with Crippen LogP contribution in [0.1, 0.15) is 59.8 Å². The lowest BCUT2D eigenvalue weighted by Gasteiger charge is -2.66. The van der Waals surface area contributed by atoms with Crippen LogP contribution in [0.25, 0.3) is 0 Å². The Morgan fingerprint density at radius 3 is 1.15 bits per heavy atom. The second kappa shape index (κ2) is 10.0. The molecular formula is C38H36O2. The summed E-state index contributed by atoms with van der Waals surface area (Å²) in [5, 5.41) is 0. The Balaban J connectivity index is 1.33. The largest absolute Gasteiger partial charge is 0.299 e. The van der Waals surface area contributed by atoms with Crippen LogP contribution < -0.4 is 0 Å². The van der Waals surface area contributed by atoms with Gasteiger partial charge in [0.1, 0.15) is 11.6 Å². The van der Waals surface area contributed by atoms with Crippen molar-refractivity contribution in [1.29, 1.82) is 0 Å². The lowest BCUT2D eigenvalue weighted by atomic mass is 9.34. The summed E-state index contributed by atoms with van der Waals surface area (Å²) >= 11 is 0. The molecule has 2 spiro atoms. The van der Waals surface area contributed by atoms with E-state index in [0.29, 0.717) is 11.6 Å². The van der Waals surface area contributed by atoms with Crippen molar-refractivity contribution in [3.05, 3.63) is 144 Å². The second-order valence-corrected chi connectivity index (χ2v) is 12.3. The molecule has 3 aliphatic rings. The van der Waals surface area contributed by atoms with Crippen molar-refractivity contribution in [2.75, 3.05) is 0 Å². The maximum Gasteiger partial charge on any atom is 0.143 e. The third-order valence-electron chi connectivity index (χ3n) is 10.4. The highest BCUT2D eigenvalue weighted by molar-refractivity contribution is 6.01. The van der Waals surface area contributed by atoms with Crippen molar-refractivity contribution in [3.63, 3.8) is 0 Å². The first kappa shape index (κ1) is 25.2. The second-order valence-electron chi connectivity index (χ2n) is 12.3. The number of hydrogen-bond acceptors (Lipinski definition) is 2. The zero-order valence-corrected chi connectivity index (χ0v) is 22.9. The number of carbonyl (C=O) groups excluding carboxylic acids is 2. The van der Waals surface area contributed by atoms with Crippen molar-refractivity contribution in [2.24, 2.45) is 22.7 Å². The number of hydrogen-bond donors (Lipinski definition) is 0. The predicted octanol–water partition coefficient (Wildman–Crippen LogP) is 7.98. The van der Waals surface area contributed by atoms with Gasteiger partial charge in [-0.05, 0) is 60.8 Å². The molecule has 0 aliphatic heterocycles. The zero-order chi connectivity index (χ0) is 27.2. The van der Waals surface area contributed by atoms with Gasteiger partial charge in [0.15, 0.2) is 0 Å².